The van der Waals surface area contributed by atoms with Gasteiger partial charge in [-0.05, 0) is 31.0 Å². The van der Waals surface area contributed by atoms with E-state index in [4.69, 9.17) is 0 Å². The first-order valence-corrected chi connectivity index (χ1v) is 9.43. The summed E-state index contributed by atoms with van der Waals surface area (Å²) in [5.41, 5.74) is 1.65. The summed E-state index contributed by atoms with van der Waals surface area (Å²) < 4.78 is 26.3. The van der Waals surface area contributed by atoms with Gasteiger partial charge in [-0.15, -0.1) is 0 Å². The molecule has 0 saturated heterocycles. The van der Waals surface area contributed by atoms with Gasteiger partial charge in [-0.2, -0.15) is 0 Å². The van der Waals surface area contributed by atoms with Crippen LogP contribution in [0, 0.1) is 0 Å². The summed E-state index contributed by atoms with van der Waals surface area (Å²) in [6, 6.07) is 13.7. The Morgan fingerprint density at radius 2 is 1.87 bits per heavy atom. The summed E-state index contributed by atoms with van der Waals surface area (Å²) in [6.07, 6.45) is 3.03. The second-order valence-corrected chi connectivity index (χ2v) is 7.33. The highest BCUT2D eigenvalue weighted by Crippen LogP contribution is 2.19. The monoisotopic (exact) mass is 333 g/mol. The quantitative estimate of drug-likeness (QED) is 0.771. The van der Waals surface area contributed by atoms with Crippen LogP contribution in [0.5, 0.6) is 0 Å². The van der Waals surface area contributed by atoms with E-state index in [1.54, 1.807) is 12.1 Å². The number of nitrogens with one attached hydrogen (secondary N) is 2. The summed E-state index contributed by atoms with van der Waals surface area (Å²) >= 11 is 0. The predicted molar refractivity (Wildman–Crippen MR) is 95.0 cm³/mol. The number of sulfonamides is 1. The first kappa shape index (κ1) is 17.3. The Bertz CT molecular complexity index is 700. The van der Waals surface area contributed by atoms with Gasteiger partial charge in [0.2, 0.25) is 10.0 Å². The summed E-state index contributed by atoms with van der Waals surface area (Å²) in [4.78, 5) is 4.27. The van der Waals surface area contributed by atoms with Crippen LogP contribution >= 0.6 is 0 Å². The van der Waals surface area contributed by atoms with E-state index in [-0.39, 0.29) is 11.8 Å². The summed E-state index contributed by atoms with van der Waals surface area (Å²) in [5, 5.41) is 3.29. The zero-order valence-corrected chi connectivity index (χ0v) is 14.3. The molecule has 0 aliphatic heterocycles. The van der Waals surface area contributed by atoms with E-state index >= 15 is 0 Å². The van der Waals surface area contributed by atoms with Crippen molar-refractivity contribution in [1.82, 2.24) is 4.98 Å². The summed E-state index contributed by atoms with van der Waals surface area (Å²) in [6.45, 7) is 4.02. The highest BCUT2D eigenvalue weighted by molar-refractivity contribution is 7.92. The fourth-order valence-corrected chi connectivity index (χ4v) is 3.40. The molecule has 6 heteroatoms. The van der Waals surface area contributed by atoms with Crippen molar-refractivity contribution in [3.8, 4) is 0 Å². The molecule has 1 unspecified atom stereocenters. The van der Waals surface area contributed by atoms with E-state index in [1.807, 2.05) is 37.3 Å². The molecule has 0 aliphatic rings. The Hall–Kier alpha value is -2.08. The van der Waals surface area contributed by atoms with Crippen molar-refractivity contribution in [1.29, 1.82) is 0 Å². The van der Waals surface area contributed by atoms with Gasteiger partial charge >= 0.3 is 0 Å². The van der Waals surface area contributed by atoms with Gasteiger partial charge in [0.1, 0.15) is 5.82 Å². The van der Waals surface area contributed by atoms with Gasteiger partial charge in [0.25, 0.3) is 0 Å². The van der Waals surface area contributed by atoms with Crippen LogP contribution in [0.15, 0.2) is 48.7 Å². The Balaban J connectivity index is 1.97. The lowest BCUT2D eigenvalue weighted by molar-refractivity contribution is 0.598. The van der Waals surface area contributed by atoms with E-state index in [0.717, 1.165) is 6.42 Å². The summed E-state index contributed by atoms with van der Waals surface area (Å²) in [5.74, 6) is 0.840. The molecule has 1 heterocycles. The van der Waals surface area contributed by atoms with Crippen molar-refractivity contribution in [2.75, 3.05) is 15.8 Å². The third-order valence-electron chi connectivity index (χ3n) is 3.47. The van der Waals surface area contributed by atoms with Crippen LogP contribution in [0.3, 0.4) is 0 Å². The minimum atomic E-state index is -3.29. The van der Waals surface area contributed by atoms with Crippen LogP contribution in [-0.2, 0) is 10.0 Å². The zero-order chi connectivity index (χ0) is 16.7. The molecule has 2 aromatic rings. The third kappa shape index (κ3) is 5.56. The Labute approximate surface area is 138 Å². The number of rotatable bonds is 8. The largest absolute Gasteiger partial charge is 0.364 e. The van der Waals surface area contributed by atoms with E-state index in [9.17, 15) is 8.42 Å². The lowest BCUT2D eigenvalue weighted by Gasteiger charge is -2.15. The summed E-state index contributed by atoms with van der Waals surface area (Å²) in [7, 11) is -3.29. The fourth-order valence-electron chi connectivity index (χ4n) is 2.15. The lowest BCUT2D eigenvalue weighted by atomic mass is 10.1. The van der Waals surface area contributed by atoms with Crippen LogP contribution in [-0.4, -0.2) is 19.2 Å². The Kier molecular flexibility index (Phi) is 5.98. The normalized spacial score (nSPS) is 12.6. The molecule has 0 bridgehead atoms. The number of hydrogen-bond acceptors (Lipinski definition) is 4. The van der Waals surface area contributed by atoms with Gasteiger partial charge in [-0.1, -0.05) is 43.7 Å². The van der Waals surface area contributed by atoms with Gasteiger partial charge in [-0.25, -0.2) is 13.4 Å². The smallest absolute Gasteiger partial charge is 0.232 e. The maximum absolute atomic E-state index is 11.9. The number of aromatic nitrogens is 1. The minimum absolute atomic E-state index is 0.121. The zero-order valence-electron chi connectivity index (χ0n) is 13.5. The van der Waals surface area contributed by atoms with Crippen LogP contribution in [0.25, 0.3) is 0 Å². The average molecular weight is 333 g/mol. The maximum atomic E-state index is 11.9. The van der Waals surface area contributed by atoms with Crippen molar-refractivity contribution in [3.05, 3.63) is 54.2 Å². The molecule has 0 saturated carbocycles. The second-order valence-electron chi connectivity index (χ2n) is 5.48. The predicted octanol–water partition coefficient (Wildman–Crippen LogP) is 3.80. The van der Waals surface area contributed by atoms with Gasteiger partial charge in [-0.3, -0.25) is 4.72 Å². The second kappa shape index (κ2) is 7.97. The maximum Gasteiger partial charge on any atom is 0.232 e. The molecule has 0 aliphatic carbocycles. The highest BCUT2D eigenvalue weighted by Gasteiger charge is 2.10. The number of pyridine rings is 1. The number of anilines is 2. The van der Waals surface area contributed by atoms with Crippen LogP contribution in [0.1, 0.15) is 38.3 Å². The Morgan fingerprint density at radius 1 is 1.13 bits per heavy atom. The number of nitrogens with zero attached hydrogens (tertiary/aromatic N) is 1. The van der Waals surface area contributed by atoms with Gasteiger partial charge in [0.15, 0.2) is 0 Å². The highest BCUT2D eigenvalue weighted by atomic mass is 32.2. The molecule has 0 spiro atoms. The first-order chi connectivity index (χ1) is 11.0. The first-order valence-electron chi connectivity index (χ1n) is 7.78. The van der Waals surface area contributed by atoms with Crippen LogP contribution in [0.2, 0.25) is 0 Å². The molecule has 124 valence electrons. The number of unbranched alkanes of at least 4 members (excludes halogenated alkanes) is 1. The van der Waals surface area contributed by atoms with Crippen molar-refractivity contribution >= 4 is 21.5 Å². The molecule has 0 radical (unpaired) electrons. The molecule has 2 rings (SSSR count). The van der Waals surface area contributed by atoms with E-state index in [1.165, 1.54) is 11.8 Å². The number of benzene rings is 1. The Morgan fingerprint density at radius 3 is 2.48 bits per heavy atom. The topological polar surface area (TPSA) is 71.1 Å². The standard InChI is InChI=1S/C17H23N3O2S/c1-3-4-12-23(21,22)20-16-10-11-17(18-13-16)19-14(2)15-8-6-5-7-9-15/h5-11,13-14,20H,3-4,12H2,1-2H3,(H,18,19). The van der Waals surface area contributed by atoms with Crippen molar-refractivity contribution in [3.63, 3.8) is 0 Å². The minimum Gasteiger partial charge on any atom is -0.364 e. The number of hydrogen-bond donors (Lipinski definition) is 2. The van der Waals surface area contributed by atoms with Crippen molar-refractivity contribution in [2.45, 2.75) is 32.7 Å². The lowest BCUT2D eigenvalue weighted by Crippen LogP contribution is -2.16. The van der Waals surface area contributed by atoms with E-state index in [2.05, 4.69) is 21.9 Å². The van der Waals surface area contributed by atoms with Crippen molar-refractivity contribution < 1.29 is 8.42 Å². The van der Waals surface area contributed by atoms with Crippen molar-refractivity contribution in [2.24, 2.45) is 0 Å². The van der Waals surface area contributed by atoms with Crippen LogP contribution < -0.4 is 10.0 Å². The SMILES string of the molecule is CCCCS(=O)(=O)Nc1ccc(NC(C)c2ccccc2)nc1. The fraction of sp³-hybridized carbons (Fsp3) is 0.353. The molecule has 5 nitrogen and oxygen atoms in total. The van der Waals surface area contributed by atoms with Crippen LogP contribution in [0.4, 0.5) is 11.5 Å². The molecule has 1 atom stereocenters. The molecular formula is C17H23N3O2S. The molecule has 23 heavy (non-hydrogen) atoms. The molecule has 2 N–H and O–H groups in total. The van der Waals surface area contributed by atoms with E-state index in [0.29, 0.717) is 17.9 Å². The third-order valence-corrected chi connectivity index (χ3v) is 4.84. The molecule has 0 amide bonds. The average Bonchev–Trinajstić information content (AvgIpc) is 2.55. The molecule has 1 aromatic heterocycles. The van der Waals surface area contributed by atoms with E-state index < -0.39 is 10.0 Å². The molecule has 1 aromatic carbocycles. The van der Waals surface area contributed by atoms with Gasteiger partial charge < -0.3 is 5.32 Å². The molecular weight excluding hydrogens is 310 g/mol. The van der Waals surface area contributed by atoms with Gasteiger partial charge in [0.05, 0.1) is 17.6 Å². The van der Waals surface area contributed by atoms with Gasteiger partial charge in [0, 0.05) is 6.04 Å². The molecule has 0 fully saturated rings.